The van der Waals surface area contributed by atoms with Gasteiger partial charge in [-0.25, -0.2) is 4.68 Å². The third kappa shape index (κ3) is 4.23. The van der Waals surface area contributed by atoms with Crippen molar-refractivity contribution in [1.29, 1.82) is 0 Å². The quantitative estimate of drug-likeness (QED) is 0.896. The van der Waals surface area contributed by atoms with Crippen molar-refractivity contribution < 1.29 is 4.79 Å². The summed E-state index contributed by atoms with van der Waals surface area (Å²) in [4.78, 5) is 14.8. The van der Waals surface area contributed by atoms with Crippen molar-refractivity contribution in [1.82, 2.24) is 25.2 Å². The molecule has 130 valence electrons. The second kappa shape index (κ2) is 8.64. The number of halogens is 1. The fourth-order valence-electron chi connectivity index (χ4n) is 3.54. The zero-order valence-electron chi connectivity index (χ0n) is 14.0. The highest BCUT2D eigenvalue weighted by Gasteiger charge is 2.26. The van der Waals surface area contributed by atoms with E-state index in [-0.39, 0.29) is 18.3 Å². The summed E-state index contributed by atoms with van der Waals surface area (Å²) in [7, 11) is 0. The topological polar surface area (TPSA) is 63.1 Å². The van der Waals surface area contributed by atoms with Gasteiger partial charge in [-0.1, -0.05) is 24.5 Å². The van der Waals surface area contributed by atoms with Gasteiger partial charge in [0.15, 0.2) is 5.69 Å². The summed E-state index contributed by atoms with van der Waals surface area (Å²) in [6.07, 6.45) is 8.07. The van der Waals surface area contributed by atoms with Crippen LogP contribution in [0, 0.1) is 6.92 Å². The molecule has 7 heteroatoms. The van der Waals surface area contributed by atoms with Gasteiger partial charge in [0, 0.05) is 13.1 Å². The van der Waals surface area contributed by atoms with E-state index in [0.717, 1.165) is 57.6 Å². The molecule has 2 saturated heterocycles. The van der Waals surface area contributed by atoms with Crippen molar-refractivity contribution in [2.45, 2.75) is 57.9 Å². The number of carbonyl (C=O) groups excluding carboxylic acids is 1. The Hall–Kier alpha value is -1.14. The second-order valence-corrected chi connectivity index (χ2v) is 6.51. The lowest BCUT2D eigenvalue weighted by atomic mass is 10.1. The van der Waals surface area contributed by atoms with Crippen LogP contribution in [0.5, 0.6) is 0 Å². The van der Waals surface area contributed by atoms with Crippen LogP contribution in [0.3, 0.4) is 0 Å². The van der Waals surface area contributed by atoms with Crippen LogP contribution in [-0.4, -0.2) is 52.0 Å². The van der Waals surface area contributed by atoms with Gasteiger partial charge in [0.1, 0.15) is 0 Å². The summed E-state index contributed by atoms with van der Waals surface area (Å²) in [6, 6.07) is 0.377. The monoisotopic (exact) mass is 341 g/mol. The van der Waals surface area contributed by atoms with Gasteiger partial charge in [-0.2, -0.15) is 0 Å². The molecule has 3 rings (SSSR count). The minimum atomic E-state index is 0. The summed E-state index contributed by atoms with van der Waals surface area (Å²) in [5, 5.41) is 11.9. The van der Waals surface area contributed by atoms with E-state index in [1.807, 2.05) is 16.5 Å². The molecular weight excluding hydrogens is 314 g/mol. The normalized spacial score (nSPS) is 20.5. The Morgan fingerprint density at radius 1 is 1.09 bits per heavy atom. The minimum absolute atomic E-state index is 0. The lowest BCUT2D eigenvalue weighted by Gasteiger charge is -2.25. The molecule has 0 atom stereocenters. The zero-order chi connectivity index (χ0) is 15.4. The number of carbonyl (C=O) groups is 1. The molecule has 2 aliphatic heterocycles. The first-order valence-electron chi connectivity index (χ1n) is 8.69. The van der Waals surface area contributed by atoms with Crippen molar-refractivity contribution >= 4 is 18.3 Å². The average Bonchev–Trinajstić information content (AvgIpc) is 2.89. The zero-order valence-corrected chi connectivity index (χ0v) is 14.8. The largest absolute Gasteiger partial charge is 0.337 e. The fraction of sp³-hybridized carbons (Fsp3) is 0.812. The molecule has 1 N–H and O–H groups in total. The Balaban J connectivity index is 0.00000192. The molecule has 1 amide bonds. The molecule has 2 aliphatic rings. The predicted molar refractivity (Wildman–Crippen MR) is 92.1 cm³/mol. The second-order valence-electron chi connectivity index (χ2n) is 6.51. The standard InChI is InChI=1S/C16H27N5O.ClH/c1-13-15(16(22)20-11-5-3-2-4-6-12-20)18-19-21(13)14-7-9-17-10-8-14;/h14,17H,2-12H2,1H3;1H. The Morgan fingerprint density at radius 2 is 1.70 bits per heavy atom. The summed E-state index contributed by atoms with van der Waals surface area (Å²) in [6.45, 7) is 5.73. The van der Waals surface area contributed by atoms with E-state index in [0.29, 0.717) is 11.7 Å². The van der Waals surface area contributed by atoms with Crippen LogP contribution in [0.25, 0.3) is 0 Å². The molecule has 1 aromatic rings. The average molecular weight is 342 g/mol. The minimum Gasteiger partial charge on any atom is -0.337 e. The maximum atomic E-state index is 12.8. The van der Waals surface area contributed by atoms with Crippen molar-refractivity contribution in [2.75, 3.05) is 26.2 Å². The van der Waals surface area contributed by atoms with E-state index in [1.54, 1.807) is 0 Å². The Bertz CT molecular complexity index is 505. The van der Waals surface area contributed by atoms with Gasteiger partial charge in [0.05, 0.1) is 11.7 Å². The summed E-state index contributed by atoms with van der Waals surface area (Å²) < 4.78 is 1.97. The molecule has 1 aromatic heterocycles. The number of likely N-dealkylation sites (tertiary alicyclic amines) is 1. The molecule has 2 fully saturated rings. The van der Waals surface area contributed by atoms with E-state index in [4.69, 9.17) is 0 Å². The Kier molecular flexibility index (Phi) is 6.84. The molecule has 0 aliphatic carbocycles. The maximum absolute atomic E-state index is 12.8. The maximum Gasteiger partial charge on any atom is 0.276 e. The first kappa shape index (κ1) is 18.2. The Morgan fingerprint density at radius 3 is 2.35 bits per heavy atom. The van der Waals surface area contributed by atoms with Crippen LogP contribution in [0.4, 0.5) is 0 Å². The Labute approximate surface area is 144 Å². The molecule has 23 heavy (non-hydrogen) atoms. The number of amides is 1. The van der Waals surface area contributed by atoms with Gasteiger partial charge >= 0.3 is 0 Å². The fourth-order valence-corrected chi connectivity index (χ4v) is 3.54. The number of hydrogen-bond acceptors (Lipinski definition) is 4. The van der Waals surface area contributed by atoms with E-state index in [2.05, 4.69) is 15.6 Å². The van der Waals surface area contributed by atoms with E-state index >= 15 is 0 Å². The highest BCUT2D eigenvalue weighted by molar-refractivity contribution is 5.93. The lowest BCUT2D eigenvalue weighted by Crippen LogP contribution is -2.34. The molecule has 3 heterocycles. The van der Waals surface area contributed by atoms with Crippen molar-refractivity contribution in [3.63, 3.8) is 0 Å². The summed E-state index contributed by atoms with van der Waals surface area (Å²) in [5.74, 6) is 0.0691. The number of nitrogens with one attached hydrogen (secondary N) is 1. The molecule has 0 radical (unpaired) electrons. The van der Waals surface area contributed by atoms with Crippen molar-refractivity contribution in [3.8, 4) is 0 Å². The van der Waals surface area contributed by atoms with Crippen LogP contribution in [-0.2, 0) is 0 Å². The molecule has 0 saturated carbocycles. The van der Waals surface area contributed by atoms with Gasteiger partial charge in [0.25, 0.3) is 5.91 Å². The van der Waals surface area contributed by atoms with Crippen molar-refractivity contribution in [3.05, 3.63) is 11.4 Å². The van der Waals surface area contributed by atoms with Gasteiger partial charge in [-0.3, -0.25) is 4.79 Å². The van der Waals surface area contributed by atoms with Crippen molar-refractivity contribution in [2.24, 2.45) is 0 Å². The lowest BCUT2D eigenvalue weighted by molar-refractivity contribution is 0.0735. The number of aromatic nitrogens is 3. The third-order valence-electron chi connectivity index (χ3n) is 4.93. The van der Waals surface area contributed by atoms with Crippen LogP contribution in [0.2, 0.25) is 0 Å². The molecular formula is C16H28ClN5O. The number of rotatable bonds is 2. The third-order valence-corrected chi connectivity index (χ3v) is 4.93. The van der Waals surface area contributed by atoms with Crippen LogP contribution in [0.15, 0.2) is 0 Å². The highest BCUT2D eigenvalue weighted by Crippen LogP contribution is 2.21. The number of hydrogen-bond donors (Lipinski definition) is 1. The van der Waals surface area contributed by atoms with Crippen LogP contribution < -0.4 is 5.32 Å². The highest BCUT2D eigenvalue weighted by atomic mass is 35.5. The van der Waals surface area contributed by atoms with Crippen LogP contribution >= 0.6 is 12.4 Å². The number of nitrogens with zero attached hydrogens (tertiary/aromatic N) is 4. The van der Waals surface area contributed by atoms with Gasteiger partial charge in [-0.05, 0) is 45.7 Å². The summed E-state index contributed by atoms with van der Waals surface area (Å²) >= 11 is 0. The first-order valence-corrected chi connectivity index (χ1v) is 8.69. The van der Waals surface area contributed by atoms with E-state index in [1.165, 1.54) is 19.3 Å². The number of piperidine rings is 1. The van der Waals surface area contributed by atoms with Gasteiger partial charge in [0.2, 0.25) is 0 Å². The summed E-state index contributed by atoms with van der Waals surface area (Å²) in [5.41, 5.74) is 1.48. The molecule has 0 spiro atoms. The first-order chi connectivity index (χ1) is 10.8. The van der Waals surface area contributed by atoms with Gasteiger partial charge < -0.3 is 10.2 Å². The van der Waals surface area contributed by atoms with E-state index < -0.39 is 0 Å². The molecule has 0 unspecified atom stereocenters. The molecule has 0 aromatic carbocycles. The van der Waals surface area contributed by atoms with Gasteiger partial charge in [-0.15, -0.1) is 17.5 Å². The predicted octanol–water partition coefficient (Wildman–Crippen LogP) is 2.34. The van der Waals surface area contributed by atoms with E-state index in [9.17, 15) is 4.79 Å². The molecule has 0 bridgehead atoms. The SMILES string of the molecule is Cc1c(C(=O)N2CCCCCCC2)nnn1C1CCNCC1.Cl. The van der Waals surface area contributed by atoms with Crippen LogP contribution in [0.1, 0.15) is 67.2 Å². The smallest absolute Gasteiger partial charge is 0.276 e. The molecule has 6 nitrogen and oxygen atoms in total.